The molecule has 25 heavy (non-hydrogen) atoms. The number of aryl methyl sites for hydroxylation is 3. The van der Waals surface area contributed by atoms with Crippen molar-refractivity contribution in [2.75, 3.05) is 0 Å². The number of aromatic nitrogens is 2. The molecule has 0 atom stereocenters. The van der Waals surface area contributed by atoms with E-state index < -0.39 is 0 Å². The Morgan fingerprint density at radius 2 is 1.52 bits per heavy atom. The summed E-state index contributed by atoms with van der Waals surface area (Å²) in [5.41, 5.74) is 3.46. The van der Waals surface area contributed by atoms with Crippen molar-refractivity contribution in [1.82, 2.24) is 9.97 Å². The Balaban J connectivity index is 0.000000374. The topological polar surface area (TPSA) is 35.0 Å². The third-order valence-corrected chi connectivity index (χ3v) is 3.72. The SMILES string of the molecule is CC1CC1.CCC.CCc1ccc(COc2nc(C)ncc2C)cc1. The maximum absolute atomic E-state index is 5.73. The molecule has 1 aromatic carbocycles. The first kappa shape index (κ1) is 21.1. The van der Waals surface area contributed by atoms with E-state index in [9.17, 15) is 0 Å². The van der Waals surface area contributed by atoms with E-state index in [0.717, 1.165) is 29.3 Å². The lowest BCUT2D eigenvalue weighted by Gasteiger charge is -2.08. The van der Waals surface area contributed by atoms with Gasteiger partial charge in [-0.1, -0.05) is 71.2 Å². The molecule has 1 aliphatic carbocycles. The summed E-state index contributed by atoms with van der Waals surface area (Å²) in [7, 11) is 0. The number of rotatable bonds is 4. The van der Waals surface area contributed by atoms with Crippen LogP contribution in [0.15, 0.2) is 30.5 Å². The van der Waals surface area contributed by atoms with Gasteiger partial charge in [0.25, 0.3) is 0 Å². The Hall–Kier alpha value is -1.90. The minimum Gasteiger partial charge on any atom is -0.473 e. The van der Waals surface area contributed by atoms with Crippen molar-refractivity contribution in [3.8, 4) is 5.88 Å². The van der Waals surface area contributed by atoms with E-state index in [1.54, 1.807) is 6.20 Å². The van der Waals surface area contributed by atoms with Crippen LogP contribution in [0.5, 0.6) is 5.88 Å². The second kappa shape index (κ2) is 11.6. The molecule has 1 saturated carbocycles. The molecule has 3 heteroatoms. The van der Waals surface area contributed by atoms with Crippen LogP contribution < -0.4 is 4.74 Å². The highest BCUT2D eigenvalue weighted by molar-refractivity contribution is 5.24. The van der Waals surface area contributed by atoms with Crippen LogP contribution in [0.2, 0.25) is 0 Å². The lowest BCUT2D eigenvalue weighted by molar-refractivity contribution is 0.290. The fourth-order valence-corrected chi connectivity index (χ4v) is 1.85. The first-order chi connectivity index (χ1) is 12.0. The van der Waals surface area contributed by atoms with Gasteiger partial charge >= 0.3 is 0 Å². The first-order valence-electron chi connectivity index (χ1n) is 9.50. The van der Waals surface area contributed by atoms with Gasteiger partial charge in [0, 0.05) is 11.8 Å². The third kappa shape index (κ3) is 9.23. The van der Waals surface area contributed by atoms with Crippen molar-refractivity contribution in [2.45, 2.75) is 73.8 Å². The summed E-state index contributed by atoms with van der Waals surface area (Å²) in [4.78, 5) is 8.41. The second-order valence-corrected chi connectivity index (χ2v) is 6.75. The van der Waals surface area contributed by atoms with Gasteiger partial charge in [0.15, 0.2) is 0 Å². The fourth-order valence-electron chi connectivity index (χ4n) is 1.85. The zero-order valence-electron chi connectivity index (χ0n) is 16.8. The zero-order chi connectivity index (χ0) is 18.7. The number of nitrogens with zero attached hydrogens (tertiary/aromatic N) is 2. The Morgan fingerprint density at radius 3 is 2.00 bits per heavy atom. The molecule has 3 nitrogen and oxygen atoms in total. The van der Waals surface area contributed by atoms with Gasteiger partial charge in [-0.25, -0.2) is 4.98 Å². The van der Waals surface area contributed by atoms with Gasteiger partial charge in [0.1, 0.15) is 12.4 Å². The highest BCUT2D eigenvalue weighted by atomic mass is 16.5. The summed E-state index contributed by atoms with van der Waals surface area (Å²) in [5, 5.41) is 0. The van der Waals surface area contributed by atoms with Gasteiger partial charge in [-0.3, -0.25) is 0 Å². The van der Waals surface area contributed by atoms with Crippen molar-refractivity contribution in [3.63, 3.8) is 0 Å². The van der Waals surface area contributed by atoms with Gasteiger partial charge < -0.3 is 4.74 Å². The van der Waals surface area contributed by atoms with E-state index in [2.05, 4.69) is 61.9 Å². The van der Waals surface area contributed by atoms with Crippen LogP contribution >= 0.6 is 0 Å². The molecule has 0 spiro atoms. The van der Waals surface area contributed by atoms with Crippen LogP contribution in [-0.4, -0.2) is 9.97 Å². The van der Waals surface area contributed by atoms with Crippen LogP contribution in [0.4, 0.5) is 0 Å². The lowest BCUT2D eigenvalue weighted by Crippen LogP contribution is -2.01. The maximum atomic E-state index is 5.73. The Labute approximate surface area is 153 Å². The van der Waals surface area contributed by atoms with Crippen molar-refractivity contribution in [1.29, 1.82) is 0 Å². The van der Waals surface area contributed by atoms with Gasteiger partial charge in [-0.05, 0) is 37.3 Å². The summed E-state index contributed by atoms with van der Waals surface area (Å²) in [6.07, 6.45) is 7.07. The van der Waals surface area contributed by atoms with E-state index in [4.69, 9.17) is 4.74 Å². The van der Waals surface area contributed by atoms with Crippen LogP contribution in [0.25, 0.3) is 0 Å². The van der Waals surface area contributed by atoms with Crippen LogP contribution in [0, 0.1) is 19.8 Å². The molecule has 138 valence electrons. The van der Waals surface area contributed by atoms with Crippen molar-refractivity contribution >= 4 is 0 Å². The minimum atomic E-state index is 0.543. The van der Waals surface area contributed by atoms with Crippen molar-refractivity contribution < 1.29 is 4.74 Å². The van der Waals surface area contributed by atoms with Gasteiger partial charge in [0.05, 0.1) is 0 Å². The molecule has 0 bridgehead atoms. The molecule has 0 saturated heterocycles. The lowest BCUT2D eigenvalue weighted by atomic mass is 10.1. The summed E-state index contributed by atoms with van der Waals surface area (Å²) in [6.45, 7) is 13.0. The molecule has 0 aliphatic heterocycles. The largest absolute Gasteiger partial charge is 0.473 e. The summed E-state index contributed by atoms with van der Waals surface area (Å²) in [5.74, 6) is 2.49. The highest BCUT2D eigenvalue weighted by Gasteiger charge is 2.12. The predicted molar refractivity (Wildman–Crippen MR) is 106 cm³/mol. The number of ether oxygens (including phenoxy) is 1. The van der Waals surface area contributed by atoms with E-state index >= 15 is 0 Å². The van der Waals surface area contributed by atoms with Crippen LogP contribution in [0.3, 0.4) is 0 Å². The predicted octanol–water partition coefficient (Wildman–Crippen LogP) is 6.07. The van der Waals surface area contributed by atoms with E-state index in [0.29, 0.717) is 12.5 Å². The third-order valence-electron chi connectivity index (χ3n) is 3.72. The molecule has 1 aliphatic rings. The number of hydrogen-bond acceptors (Lipinski definition) is 3. The molecule has 2 aromatic rings. The zero-order valence-corrected chi connectivity index (χ0v) is 16.8. The minimum absolute atomic E-state index is 0.543. The Morgan fingerprint density at radius 1 is 1.00 bits per heavy atom. The smallest absolute Gasteiger partial charge is 0.219 e. The standard InChI is InChI=1S/C15H18N2O.C4H8.C3H8/c1-4-13-5-7-14(8-6-13)10-18-15-11(2)9-16-12(3)17-15;1-4-2-3-4;1-3-2/h5-9H,4,10H2,1-3H3;4H,2-3H2,1H3;3H2,1-2H3. The highest BCUT2D eigenvalue weighted by Crippen LogP contribution is 2.26. The van der Waals surface area contributed by atoms with Gasteiger partial charge in [-0.2, -0.15) is 4.98 Å². The fraction of sp³-hybridized carbons (Fsp3) is 0.545. The van der Waals surface area contributed by atoms with Crippen LogP contribution in [-0.2, 0) is 13.0 Å². The first-order valence-corrected chi connectivity index (χ1v) is 9.50. The molecule has 0 amide bonds. The van der Waals surface area contributed by atoms with Crippen molar-refractivity contribution in [3.05, 3.63) is 53.0 Å². The summed E-state index contributed by atoms with van der Waals surface area (Å²) in [6, 6.07) is 8.47. The Bertz CT molecular complexity index is 604. The quantitative estimate of drug-likeness (QED) is 0.676. The van der Waals surface area contributed by atoms with E-state index in [1.165, 1.54) is 24.8 Å². The Kier molecular flexibility index (Phi) is 9.83. The normalized spacial score (nSPS) is 12.4. The molecule has 0 unspecified atom stereocenters. The molecular weight excluding hydrogens is 308 g/mol. The average Bonchev–Trinajstić information content (AvgIpc) is 3.39. The van der Waals surface area contributed by atoms with Gasteiger partial charge in [0.2, 0.25) is 5.88 Å². The monoisotopic (exact) mass is 342 g/mol. The van der Waals surface area contributed by atoms with Crippen molar-refractivity contribution in [2.24, 2.45) is 5.92 Å². The molecular formula is C22H34N2O. The molecule has 0 N–H and O–H groups in total. The van der Waals surface area contributed by atoms with E-state index in [-0.39, 0.29) is 0 Å². The molecule has 3 rings (SSSR count). The van der Waals surface area contributed by atoms with Crippen LogP contribution in [0.1, 0.15) is 69.5 Å². The maximum Gasteiger partial charge on any atom is 0.219 e. The second-order valence-electron chi connectivity index (χ2n) is 6.75. The summed E-state index contributed by atoms with van der Waals surface area (Å²) >= 11 is 0. The average molecular weight is 343 g/mol. The summed E-state index contributed by atoms with van der Waals surface area (Å²) < 4.78 is 5.73. The number of benzene rings is 1. The number of hydrogen-bond donors (Lipinski definition) is 0. The molecule has 1 heterocycles. The molecule has 0 radical (unpaired) electrons. The molecule has 1 fully saturated rings. The van der Waals surface area contributed by atoms with Gasteiger partial charge in [-0.15, -0.1) is 0 Å². The van der Waals surface area contributed by atoms with E-state index in [1.807, 2.05) is 13.8 Å². The molecule has 1 aromatic heterocycles.